The molecule has 19 heavy (non-hydrogen) atoms. The Labute approximate surface area is 110 Å². The standard InChI is InChI=1S/C13H16FN5/c14-11-5-1-2-6-12(11)19-17-13(16-18-19)8-10-4-3-7-15-9-10/h1-2,5-6,10,15H,3-4,7-9H2. The van der Waals surface area contributed by atoms with E-state index < -0.39 is 0 Å². The summed E-state index contributed by atoms with van der Waals surface area (Å²) in [6.07, 6.45) is 3.16. The molecule has 1 fully saturated rings. The number of halogens is 1. The summed E-state index contributed by atoms with van der Waals surface area (Å²) in [6, 6.07) is 6.43. The van der Waals surface area contributed by atoms with Crippen molar-refractivity contribution in [1.29, 1.82) is 0 Å². The first-order valence-corrected chi connectivity index (χ1v) is 6.57. The lowest BCUT2D eigenvalue weighted by Gasteiger charge is -2.20. The first-order valence-electron chi connectivity index (χ1n) is 6.57. The average Bonchev–Trinajstić information content (AvgIpc) is 2.89. The van der Waals surface area contributed by atoms with Crippen molar-refractivity contribution in [3.8, 4) is 5.69 Å². The predicted octanol–water partition coefficient (Wildman–Crippen LogP) is 1.34. The third kappa shape index (κ3) is 2.78. The molecule has 2 heterocycles. The summed E-state index contributed by atoms with van der Waals surface area (Å²) < 4.78 is 13.6. The van der Waals surface area contributed by atoms with Crippen molar-refractivity contribution in [2.75, 3.05) is 13.1 Å². The van der Waals surface area contributed by atoms with Gasteiger partial charge in [-0.15, -0.1) is 15.0 Å². The quantitative estimate of drug-likeness (QED) is 0.906. The summed E-state index contributed by atoms with van der Waals surface area (Å²) in [6.45, 7) is 2.08. The fraction of sp³-hybridized carbons (Fsp3) is 0.462. The Bertz CT molecular complexity index is 547. The number of nitrogens with zero attached hydrogens (tertiary/aromatic N) is 4. The van der Waals surface area contributed by atoms with Crippen LogP contribution in [-0.2, 0) is 6.42 Å². The minimum absolute atomic E-state index is 0.336. The average molecular weight is 261 g/mol. The third-order valence-electron chi connectivity index (χ3n) is 3.39. The lowest BCUT2D eigenvalue weighted by Crippen LogP contribution is -2.31. The first kappa shape index (κ1) is 12.2. The Hall–Kier alpha value is -1.82. The number of tetrazole rings is 1. The number of nitrogens with one attached hydrogen (secondary N) is 1. The molecule has 0 radical (unpaired) electrons. The maximum atomic E-state index is 13.6. The lowest BCUT2D eigenvalue weighted by molar-refractivity contribution is 0.370. The molecule has 3 rings (SSSR count). The summed E-state index contributed by atoms with van der Waals surface area (Å²) in [7, 11) is 0. The van der Waals surface area contributed by atoms with E-state index in [1.54, 1.807) is 18.2 Å². The lowest BCUT2D eigenvalue weighted by atomic mass is 9.96. The Morgan fingerprint density at radius 2 is 2.26 bits per heavy atom. The van der Waals surface area contributed by atoms with Crippen LogP contribution in [0.3, 0.4) is 0 Å². The second kappa shape index (κ2) is 5.44. The number of piperidine rings is 1. The molecule has 0 amide bonds. The molecule has 1 aliphatic heterocycles. The zero-order valence-electron chi connectivity index (χ0n) is 10.6. The van der Waals surface area contributed by atoms with Gasteiger partial charge in [0.15, 0.2) is 11.6 Å². The van der Waals surface area contributed by atoms with Gasteiger partial charge < -0.3 is 5.32 Å². The van der Waals surface area contributed by atoms with Crippen LogP contribution in [0.2, 0.25) is 0 Å². The van der Waals surface area contributed by atoms with E-state index in [9.17, 15) is 4.39 Å². The second-order valence-corrected chi connectivity index (χ2v) is 4.86. The minimum atomic E-state index is -0.342. The fourth-order valence-electron chi connectivity index (χ4n) is 2.40. The summed E-state index contributed by atoms with van der Waals surface area (Å²) >= 11 is 0. The molecule has 1 aliphatic rings. The third-order valence-corrected chi connectivity index (χ3v) is 3.39. The van der Waals surface area contributed by atoms with E-state index in [4.69, 9.17) is 0 Å². The van der Waals surface area contributed by atoms with Crippen molar-refractivity contribution >= 4 is 0 Å². The van der Waals surface area contributed by atoms with Gasteiger partial charge in [0, 0.05) is 6.42 Å². The van der Waals surface area contributed by atoms with Crippen LogP contribution in [0.15, 0.2) is 24.3 Å². The molecule has 100 valence electrons. The van der Waals surface area contributed by atoms with Gasteiger partial charge in [0.1, 0.15) is 5.69 Å². The number of hydrogen-bond donors (Lipinski definition) is 1. The first-order chi connectivity index (χ1) is 9.33. The summed E-state index contributed by atoms with van der Waals surface area (Å²) in [5, 5.41) is 15.6. The topological polar surface area (TPSA) is 55.6 Å². The molecular formula is C13H16FN5. The van der Waals surface area contributed by atoms with Gasteiger partial charge in [-0.05, 0) is 49.2 Å². The number of para-hydroxylation sites is 1. The van der Waals surface area contributed by atoms with Crippen LogP contribution in [0.5, 0.6) is 0 Å². The SMILES string of the molecule is Fc1ccccc1-n1nnc(CC2CCCNC2)n1. The number of rotatable bonds is 3. The highest BCUT2D eigenvalue weighted by Gasteiger charge is 2.17. The van der Waals surface area contributed by atoms with Crippen molar-refractivity contribution in [2.45, 2.75) is 19.3 Å². The molecule has 0 spiro atoms. The Balaban J connectivity index is 1.74. The molecule has 0 saturated carbocycles. The molecule has 0 bridgehead atoms. The van der Waals surface area contributed by atoms with Crippen LogP contribution in [0, 0.1) is 11.7 Å². The van der Waals surface area contributed by atoms with E-state index >= 15 is 0 Å². The summed E-state index contributed by atoms with van der Waals surface area (Å²) in [5.74, 6) is 0.884. The minimum Gasteiger partial charge on any atom is -0.316 e. The number of benzene rings is 1. The summed E-state index contributed by atoms with van der Waals surface area (Å²) in [4.78, 5) is 1.26. The molecular weight excluding hydrogens is 245 g/mol. The molecule has 2 aromatic rings. The largest absolute Gasteiger partial charge is 0.316 e. The van der Waals surface area contributed by atoms with Gasteiger partial charge in [0.2, 0.25) is 0 Å². The molecule has 5 nitrogen and oxygen atoms in total. The highest BCUT2D eigenvalue weighted by molar-refractivity contribution is 5.30. The van der Waals surface area contributed by atoms with Gasteiger partial charge >= 0.3 is 0 Å². The number of hydrogen-bond acceptors (Lipinski definition) is 4. The van der Waals surface area contributed by atoms with E-state index in [2.05, 4.69) is 20.7 Å². The predicted molar refractivity (Wildman–Crippen MR) is 68.4 cm³/mol. The van der Waals surface area contributed by atoms with Crippen molar-refractivity contribution in [1.82, 2.24) is 25.5 Å². The zero-order chi connectivity index (χ0) is 13.1. The van der Waals surface area contributed by atoms with Crippen LogP contribution in [0.25, 0.3) is 5.69 Å². The maximum absolute atomic E-state index is 13.6. The van der Waals surface area contributed by atoms with E-state index in [1.165, 1.54) is 23.7 Å². The molecule has 0 aliphatic carbocycles. The Morgan fingerprint density at radius 3 is 3.05 bits per heavy atom. The van der Waals surface area contributed by atoms with E-state index in [1.807, 2.05) is 0 Å². The smallest absolute Gasteiger partial charge is 0.175 e. The molecule has 1 atom stereocenters. The van der Waals surface area contributed by atoms with Gasteiger partial charge in [-0.2, -0.15) is 0 Å². The van der Waals surface area contributed by atoms with E-state index in [0.717, 1.165) is 19.5 Å². The molecule has 1 saturated heterocycles. The van der Waals surface area contributed by atoms with Crippen molar-refractivity contribution < 1.29 is 4.39 Å². The molecule has 1 N–H and O–H groups in total. The van der Waals surface area contributed by atoms with Crippen molar-refractivity contribution in [2.24, 2.45) is 5.92 Å². The monoisotopic (exact) mass is 261 g/mol. The summed E-state index contributed by atoms with van der Waals surface area (Å²) in [5.41, 5.74) is 0.336. The van der Waals surface area contributed by atoms with Crippen molar-refractivity contribution in [3.63, 3.8) is 0 Å². The van der Waals surface area contributed by atoms with Gasteiger partial charge in [0.05, 0.1) is 0 Å². The zero-order valence-corrected chi connectivity index (χ0v) is 10.6. The fourth-order valence-corrected chi connectivity index (χ4v) is 2.40. The van der Waals surface area contributed by atoms with Crippen LogP contribution in [-0.4, -0.2) is 33.3 Å². The van der Waals surface area contributed by atoms with Crippen molar-refractivity contribution in [3.05, 3.63) is 35.9 Å². The van der Waals surface area contributed by atoms with Crippen LogP contribution in [0.1, 0.15) is 18.7 Å². The van der Waals surface area contributed by atoms with Gasteiger partial charge in [-0.3, -0.25) is 0 Å². The molecule has 1 aromatic carbocycles. The van der Waals surface area contributed by atoms with Gasteiger partial charge in [-0.25, -0.2) is 4.39 Å². The number of aromatic nitrogens is 4. The van der Waals surface area contributed by atoms with Gasteiger partial charge in [0.25, 0.3) is 0 Å². The van der Waals surface area contributed by atoms with Gasteiger partial charge in [-0.1, -0.05) is 12.1 Å². The highest BCUT2D eigenvalue weighted by atomic mass is 19.1. The molecule has 6 heteroatoms. The van der Waals surface area contributed by atoms with E-state index in [0.29, 0.717) is 17.4 Å². The Kier molecular flexibility index (Phi) is 3.50. The van der Waals surface area contributed by atoms with E-state index in [-0.39, 0.29) is 5.82 Å². The molecule has 1 aromatic heterocycles. The second-order valence-electron chi connectivity index (χ2n) is 4.86. The van der Waals surface area contributed by atoms with Crippen LogP contribution < -0.4 is 5.32 Å². The van der Waals surface area contributed by atoms with Crippen LogP contribution in [0.4, 0.5) is 4.39 Å². The Morgan fingerprint density at radius 1 is 1.37 bits per heavy atom. The highest BCUT2D eigenvalue weighted by Crippen LogP contribution is 2.15. The maximum Gasteiger partial charge on any atom is 0.175 e. The molecule has 1 unspecified atom stereocenters. The normalized spacial score (nSPS) is 19.5. The van der Waals surface area contributed by atoms with Crippen LogP contribution >= 0.6 is 0 Å².